The van der Waals surface area contributed by atoms with Gasteiger partial charge in [-0.3, -0.25) is 24.2 Å². The van der Waals surface area contributed by atoms with Crippen molar-refractivity contribution in [1.29, 1.82) is 0 Å². The zero-order valence-corrected chi connectivity index (χ0v) is 27.5. The third kappa shape index (κ3) is 10.9. The van der Waals surface area contributed by atoms with E-state index in [-0.39, 0.29) is 39.4 Å². The second-order valence-electron chi connectivity index (χ2n) is 12.2. The molecule has 12 nitrogen and oxygen atoms in total. The molecule has 0 aromatic heterocycles. The lowest BCUT2D eigenvalue weighted by Crippen LogP contribution is -2.48. The molecule has 2 amide bonds. The number of methoxy groups -OCH3 is 1. The lowest BCUT2D eigenvalue weighted by molar-refractivity contribution is -0.157. The molecule has 3 rings (SSSR count). The molecule has 12 heteroatoms. The molecule has 3 atom stereocenters. The Hall–Kier alpha value is -4.45. The summed E-state index contributed by atoms with van der Waals surface area (Å²) in [6.45, 7) is 8.95. The van der Waals surface area contributed by atoms with Gasteiger partial charge in [-0.05, 0) is 52.2 Å². The molecule has 1 aliphatic heterocycles. The highest BCUT2D eigenvalue weighted by Crippen LogP contribution is 2.24. The summed E-state index contributed by atoms with van der Waals surface area (Å²) in [7, 11) is 1.22. The molecule has 1 aliphatic rings. The molecule has 0 spiro atoms. The summed E-state index contributed by atoms with van der Waals surface area (Å²) in [6, 6.07) is 16.2. The summed E-state index contributed by atoms with van der Waals surface area (Å²) in [5.74, 6) is -2.47. The minimum atomic E-state index is -0.996. The number of hydrogen-bond donors (Lipinski definition) is 0. The maximum absolute atomic E-state index is 13.3. The Bertz CT molecular complexity index is 1330. The van der Waals surface area contributed by atoms with Crippen LogP contribution in [0.4, 0.5) is 4.79 Å². The fraction of sp³-hybridized carbons (Fsp3) is 0.500. The van der Waals surface area contributed by atoms with Gasteiger partial charge in [0.2, 0.25) is 5.91 Å². The van der Waals surface area contributed by atoms with Crippen molar-refractivity contribution in [2.45, 2.75) is 84.4 Å². The Kier molecular flexibility index (Phi) is 13.1. The number of carbonyl (C=O) groups excluding carboxylic acids is 5. The van der Waals surface area contributed by atoms with E-state index in [4.69, 9.17) is 18.9 Å². The lowest BCUT2D eigenvalue weighted by atomic mass is 10.1. The van der Waals surface area contributed by atoms with Crippen molar-refractivity contribution >= 4 is 29.9 Å². The maximum atomic E-state index is 13.3. The minimum Gasteiger partial charge on any atom is -0.467 e. The van der Waals surface area contributed by atoms with Crippen LogP contribution in [0.15, 0.2) is 60.7 Å². The van der Waals surface area contributed by atoms with Crippen LogP contribution in [0.2, 0.25) is 0 Å². The highest BCUT2D eigenvalue weighted by Gasteiger charge is 2.41. The summed E-state index contributed by atoms with van der Waals surface area (Å²) in [5.41, 5.74) is 0.883. The van der Waals surface area contributed by atoms with Crippen LogP contribution in [0.5, 0.6) is 0 Å². The van der Waals surface area contributed by atoms with Crippen molar-refractivity contribution in [3.8, 4) is 0 Å². The first-order valence-corrected chi connectivity index (χ1v) is 15.3. The Morgan fingerprint density at radius 3 is 1.98 bits per heavy atom. The normalized spacial score (nSPS) is 16.2. The summed E-state index contributed by atoms with van der Waals surface area (Å²) in [6.07, 6.45) is -0.849. The summed E-state index contributed by atoms with van der Waals surface area (Å²) >= 11 is 0. The van der Waals surface area contributed by atoms with E-state index < -0.39 is 60.1 Å². The third-order valence-electron chi connectivity index (χ3n) is 7.52. The van der Waals surface area contributed by atoms with Gasteiger partial charge in [-0.1, -0.05) is 60.7 Å². The average molecular weight is 640 g/mol. The van der Waals surface area contributed by atoms with E-state index in [1.807, 2.05) is 53.4 Å². The number of esters is 3. The van der Waals surface area contributed by atoms with Gasteiger partial charge < -0.3 is 23.8 Å². The van der Waals surface area contributed by atoms with Crippen LogP contribution >= 0.6 is 0 Å². The minimum absolute atomic E-state index is 0.00923. The number of amides is 2. The van der Waals surface area contributed by atoms with Gasteiger partial charge in [0, 0.05) is 19.1 Å². The number of benzene rings is 2. The smallest absolute Gasteiger partial charge is 0.411 e. The molecule has 1 unspecified atom stereocenters. The summed E-state index contributed by atoms with van der Waals surface area (Å²) in [4.78, 5) is 69.1. The molecule has 0 aliphatic carbocycles. The fourth-order valence-corrected chi connectivity index (χ4v) is 5.00. The van der Waals surface area contributed by atoms with Crippen molar-refractivity contribution in [3.05, 3.63) is 71.8 Å². The molecule has 2 aromatic rings. The number of carbonyl (C=O) groups is 5. The first-order chi connectivity index (χ1) is 21.8. The van der Waals surface area contributed by atoms with Crippen LogP contribution in [-0.2, 0) is 51.3 Å². The number of ether oxygens (including phenoxy) is 4. The molecule has 2 aromatic carbocycles. The van der Waals surface area contributed by atoms with Gasteiger partial charge in [-0.15, -0.1) is 0 Å². The number of rotatable bonds is 13. The van der Waals surface area contributed by atoms with E-state index in [9.17, 15) is 24.0 Å². The van der Waals surface area contributed by atoms with Crippen LogP contribution in [-0.4, -0.2) is 95.2 Å². The lowest BCUT2D eigenvalue weighted by Gasteiger charge is -2.32. The van der Waals surface area contributed by atoms with Crippen LogP contribution in [0, 0.1) is 0 Å². The second-order valence-corrected chi connectivity index (χ2v) is 12.2. The average Bonchev–Trinajstić information content (AvgIpc) is 3.46. The van der Waals surface area contributed by atoms with E-state index in [1.54, 1.807) is 39.8 Å². The molecule has 1 saturated heterocycles. The molecule has 0 saturated carbocycles. The van der Waals surface area contributed by atoms with Crippen molar-refractivity contribution in [2.24, 2.45) is 0 Å². The van der Waals surface area contributed by atoms with E-state index in [0.717, 1.165) is 11.1 Å². The van der Waals surface area contributed by atoms with Gasteiger partial charge in [0.05, 0.1) is 13.8 Å². The van der Waals surface area contributed by atoms with Gasteiger partial charge in [-0.2, -0.15) is 0 Å². The zero-order chi connectivity index (χ0) is 33.9. The zero-order valence-electron chi connectivity index (χ0n) is 27.5. The molecular formula is C34H45N3O9. The van der Waals surface area contributed by atoms with Crippen LogP contribution in [0.3, 0.4) is 0 Å². The molecule has 0 bridgehead atoms. The van der Waals surface area contributed by atoms with Gasteiger partial charge in [0.25, 0.3) is 0 Å². The number of nitrogens with zero attached hydrogens (tertiary/aromatic N) is 3. The fourth-order valence-electron chi connectivity index (χ4n) is 5.00. The van der Waals surface area contributed by atoms with E-state index in [2.05, 4.69) is 0 Å². The molecule has 0 radical (unpaired) electrons. The molecule has 46 heavy (non-hydrogen) atoms. The highest BCUT2D eigenvalue weighted by molar-refractivity contribution is 5.96. The highest BCUT2D eigenvalue weighted by atomic mass is 16.6. The quantitative estimate of drug-likeness (QED) is 0.181. The summed E-state index contributed by atoms with van der Waals surface area (Å²) < 4.78 is 21.3. The van der Waals surface area contributed by atoms with E-state index in [1.165, 1.54) is 23.8 Å². The Balaban J connectivity index is 1.73. The predicted molar refractivity (Wildman–Crippen MR) is 168 cm³/mol. The molecule has 0 N–H and O–H groups in total. The molecular weight excluding hydrogens is 594 g/mol. The topological polar surface area (TPSA) is 132 Å². The monoisotopic (exact) mass is 639 g/mol. The largest absolute Gasteiger partial charge is 0.467 e. The van der Waals surface area contributed by atoms with Crippen LogP contribution < -0.4 is 0 Å². The molecule has 1 fully saturated rings. The third-order valence-corrected chi connectivity index (χ3v) is 7.52. The standard InChI is InChI=1S/C34H45N3O9/c1-24(31(40)43-6)36(29(38)19-30(39)44-21-26-13-9-7-10-14-26)18-17-28-20-35(33(42)46-34(3,4)5)23-37(28)25(2)32(41)45-22-27-15-11-8-12-16-27/h7-16,24-25,28H,17-23H2,1-6H3/t24-,25-,28?/m0/s1. The Labute approximate surface area is 270 Å². The van der Waals surface area contributed by atoms with Gasteiger partial charge in [-0.25, -0.2) is 9.59 Å². The van der Waals surface area contributed by atoms with Crippen molar-refractivity contribution < 1.29 is 42.9 Å². The maximum Gasteiger partial charge on any atom is 0.411 e. The van der Waals surface area contributed by atoms with Gasteiger partial charge in [0.1, 0.15) is 37.3 Å². The Morgan fingerprint density at radius 2 is 1.43 bits per heavy atom. The first kappa shape index (κ1) is 36.0. The van der Waals surface area contributed by atoms with Crippen LogP contribution in [0.25, 0.3) is 0 Å². The first-order valence-electron chi connectivity index (χ1n) is 15.3. The SMILES string of the molecule is COC(=O)[C@H](C)N(CCC1CN(C(=O)OC(C)(C)C)CN1[C@@H](C)C(=O)OCc1ccccc1)C(=O)CC(=O)OCc1ccccc1. The van der Waals surface area contributed by atoms with Crippen molar-refractivity contribution in [1.82, 2.24) is 14.7 Å². The van der Waals surface area contributed by atoms with Crippen molar-refractivity contribution in [3.63, 3.8) is 0 Å². The van der Waals surface area contributed by atoms with Crippen LogP contribution in [0.1, 0.15) is 58.6 Å². The molecule has 250 valence electrons. The summed E-state index contributed by atoms with van der Waals surface area (Å²) in [5, 5.41) is 0. The second kappa shape index (κ2) is 16.7. The van der Waals surface area contributed by atoms with E-state index >= 15 is 0 Å². The number of hydrogen-bond acceptors (Lipinski definition) is 10. The molecule has 1 heterocycles. The van der Waals surface area contributed by atoms with Crippen molar-refractivity contribution in [2.75, 3.05) is 26.9 Å². The van der Waals surface area contributed by atoms with E-state index in [0.29, 0.717) is 0 Å². The predicted octanol–water partition coefficient (Wildman–Crippen LogP) is 3.91. The van der Waals surface area contributed by atoms with Gasteiger partial charge >= 0.3 is 24.0 Å². The van der Waals surface area contributed by atoms with Gasteiger partial charge in [0.15, 0.2) is 0 Å². The Morgan fingerprint density at radius 1 is 0.870 bits per heavy atom.